The first-order chi connectivity index (χ1) is 8.86. The van der Waals surface area contributed by atoms with E-state index < -0.39 is 0 Å². The van der Waals surface area contributed by atoms with Crippen LogP contribution in [0.3, 0.4) is 0 Å². The SMILES string of the molecule is CNc1cc(C2CC2)nc(N2CCCCCC2)n1. The van der Waals surface area contributed by atoms with Crippen LogP contribution in [0.25, 0.3) is 0 Å². The molecule has 3 rings (SSSR count). The second-order valence-electron chi connectivity index (χ2n) is 5.40. The summed E-state index contributed by atoms with van der Waals surface area (Å²) < 4.78 is 0. The molecule has 1 N–H and O–H groups in total. The largest absolute Gasteiger partial charge is 0.373 e. The number of anilines is 2. The van der Waals surface area contributed by atoms with E-state index in [2.05, 4.69) is 21.3 Å². The standard InChI is InChI=1S/C14H22N4/c1-15-13-10-12(11-6-7-11)16-14(17-13)18-8-4-2-3-5-9-18/h10-11H,2-9H2,1H3,(H,15,16,17). The molecule has 1 aromatic heterocycles. The van der Waals surface area contributed by atoms with Crippen molar-refractivity contribution in [2.45, 2.75) is 44.4 Å². The van der Waals surface area contributed by atoms with E-state index in [1.807, 2.05) is 7.05 Å². The van der Waals surface area contributed by atoms with E-state index in [0.717, 1.165) is 24.9 Å². The third kappa shape index (κ3) is 2.57. The molecule has 1 saturated carbocycles. The van der Waals surface area contributed by atoms with Gasteiger partial charge in [-0.3, -0.25) is 0 Å². The second kappa shape index (κ2) is 5.12. The third-order valence-corrected chi connectivity index (χ3v) is 3.87. The number of hydrogen-bond acceptors (Lipinski definition) is 4. The Balaban J connectivity index is 1.86. The Labute approximate surface area is 109 Å². The summed E-state index contributed by atoms with van der Waals surface area (Å²) in [5.74, 6) is 2.59. The van der Waals surface area contributed by atoms with Crippen LogP contribution in [-0.2, 0) is 0 Å². The van der Waals surface area contributed by atoms with E-state index in [-0.39, 0.29) is 0 Å². The van der Waals surface area contributed by atoms with Gasteiger partial charge in [0.25, 0.3) is 0 Å². The van der Waals surface area contributed by atoms with Crippen LogP contribution in [-0.4, -0.2) is 30.1 Å². The molecule has 1 aliphatic carbocycles. The summed E-state index contributed by atoms with van der Waals surface area (Å²) in [7, 11) is 1.94. The zero-order valence-corrected chi connectivity index (χ0v) is 11.2. The Morgan fingerprint density at radius 3 is 2.44 bits per heavy atom. The molecule has 4 heteroatoms. The van der Waals surface area contributed by atoms with Gasteiger partial charge in [-0.15, -0.1) is 0 Å². The van der Waals surface area contributed by atoms with Crippen LogP contribution >= 0.6 is 0 Å². The van der Waals surface area contributed by atoms with Gasteiger partial charge in [0, 0.05) is 32.1 Å². The summed E-state index contributed by atoms with van der Waals surface area (Å²) in [5.41, 5.74) is 1.23. The Hall–Kier alpha value is -1.32. The molecule has 2 aliphatic rings. The molecule has 0 spiro atoms. The van der Waals surface area contributed by atoms with Gasteiger partial charge in [-0.25, -0.2) is 4.98 Å². The molecule has 2 fully saturated rings. The molecule has 2 heterocycles. The van der Waals surface area contributed by atoms with Crippen LogP contribution in [0, 0.1) is 0 Å². The first-order valence-electron chi connectivity index (χ1n) is 7.18. The minimum absolute atomic E-state index is 0.686. The maximum absolute atomic E-state index is 4.78. The number of hydrogen-bond donors (Lipinski definition) is 1. The number of rotatable bonds is 3. The van der Waals surface area contributed by atoms with Crippen LogP contribution in [0.15, 0.2) is 6.07 Å². The van der Waals surface area contributed by atoms with Crippen molar-refractivity contribution < 1.29 is 0 Å². The van der Waals surface area contributed by atoms with E-state index in [1.54, 1.807) is 0 Å². The van der Waals surface area contributed by atoms with Crippen LogP contribution in [0.2, 0.25) is 0 Å². The van der Waals surface area contributed by atoms with Gasteiger partial charge >= 0.3 is 0 Å². The summed E-state index contributed by atoms with van der Waals surface area (Å²) in [4.78, 5) is 11.8. The molecule has 98 valence electrons. The number of nitrogens with one attached hydrogen (secondary N) is 1. The average molecular weight is 246 g/mol. The highest BCUT2D eigenvalue weighted by Crippen LogP contribution is 2.40. The van der Waals surface area contributed by atoms with Crippen molar-refractivity contribution in [3.8, 4) is 0 Å². The highest BCUT2D eigenvalue weighted by Gasteiger charge is 2.27. The summed E-state index contributed by atoms with van der Waals surface area (Å²) in [6.07, 6.45) is 7.81. The molecule has 0 unspecified atom stereocenters. The van der Waals surface area contributed by atoms with Gasteiger partial charge < -0.3 is 10.2 Å². The number of aromatic nitrogens is 2. The van der Waals surface area contributed by atoms with E-state index in [1.165, 1.54) is 44.2 Å². The quantitative estimate of drug-likeness (QED) is 0.890. The molecule has 1 saturated heterocycles. The van der Waals surface area contributed by atoms with Crippen molar-refractivity contribution in [2.24, 2.45) is 0 Å². The Bertz CT molecular complexity index is 406. The first-order valence-corrected chi connectivity index (χ1v) is 7.18. The maximum Gasteiger partial charge on any atom is 0.227 e. The van der Waals surface area contributed by atoms with Gasteiger partial charge in [-0.1, -0.05) is 12.8 Å². The molecule has 0 aromatic carbocycles. The van der Waals surface area contributed by atoms with E-state index in [4.69, 9.17) is 4.98 Å². The molecular weight excluding hydrogens is 224 g/mol. The maximum atomic E-state index is 4.78. The van der Waals surface area contributed by atoms with Crippen molar-refractivity contribution in [1.29, 1.82) is 0 Å². The topological polar surface area (TPSA) is 41.1 Å². The molecule has 18 heavy (non-hydrogen) atoms. The van der Waals surface area contributed by atoms with Gasteiger partial charge in [0.05, 0.1) is 5.69 Å². The fourth-order valence-electron chi connectivity index (χ4n) is 2.58. The molecule has 0 amide bonds. The molecule has 1 aliphatic heterocycles. The normalized spacial score (nSPS) is 20.6. The summed E-state index contributed by atoms with van der Waals surface area (Å²) >= 11 is 0. The van der Waals surface area contributed by atoms with Crippen LogP contribution < -0.4 is 10.2 Å². The lowest BCUT2D eigenvalue weighted by molar-refractivity contribution is 0.726. The van der Waals surface area contributed by atoms with Crippen molar-refractivity contribution in [3.63, 3.8) is 0 Å². The summed E-state index contributed by atoms with van der Waals surface area (Å²) in [6.45, 7) is 2.22. The van der Waals surface area contributed by atoms with E-state index in [9.17, 15) is 0 Å². The minimum atomic E-state index is 0.686. The van der Waals surface area contributed by atoms with Crippen molar-refractivity contribution in [3.05, 3.63) is 11.8 Å². The van der Waals surface area contributed by atoms with Gasteiger partial charge in [0.15, 0.2) is 0 Å². The predicted octanol–water partition coefficient (Wildman–Crippen LogP) is 2.78. The minimum Gasteiger partial charge on any atom is -0.373 e. The third-order valence-electron chi connectivity index (χ3n) is 3.87. The molecular formula is C14H22N4. The monoisotopic (exact) mass is 246 g/mol. The van der Waals surface area contributed by atoms with E-state index >= 15 is 0 Å². The number of nitrogens with zero attached hydrogens (tertiary/aromatic N) is 3. The van der Waals surface area contributed by atoms with Gasteiger partial charge in [-0.05, 0) is 25.7 Å². The molecule has 0 radical (unpaired) electrons. The smallest absolute Gasteiger partial charge is 0.227 e. The average Bonchev–Trinajstić information content (AvgIpc) is 3.24. The molecule has 4 nitrogen and oxygen atoms in total. The summed E-state index contributed by atoms with van der Waals surface area (Å²) in [5, 5.41) is 3.17. The Morgan fingerprint density at radius 2 is 1.83 bits per heavy atom. The lowest BCUT2D eigenvalue weighted by Crippen LogP contribution is -2.26. The summed E-state index contributed by atoms with van der Waals surface area (Å²) in [6, 6.07) is 2.11. The highest BCUT2D eigenvalue weighted by atomic mass is 15.3. The first kappa shape index (κ1) is 11.8. The van der Waals surface area contributed by atoms with Crippen molar-refractivity contribution >= 4 is 11.8 Å². The Morgan fingerprint density at radius 1 is 1.11 bits per heavy atom. The van der Waals surface area contributed by atoms with Crippen molar-refractivity contribution in [1.82, 2.24) is 9.97 Å². The lowest BCUT2D eigenvalue weighted by atomic mass is 10.2. The molecule has 0 atom stereocenters. The molecule has 0 bridgehead atoms. The highest BCUT2D eigenvalue weighted by molar-refractivity contribution is 5.45. The second-order valence-corrected chi connectivity index (χ2v) is 5.40. The fourth-order valence-corrected chi connectivity index (χ4v) is 2.58. The predicted molar refractivity (Wildman–Crippen MR) is 74.2 cm³/mol. The van der Waals surface area contributed by atoms with Gasteiger partial charge in [0.2, 0.25) is 5.95 Å². The van der Waals surface area contributed by atoms with Crippen molar-refractivity contribution in [2.75, 3.05) is 30.4 Å². The van der Waals surface area contributed by atoms with Crippen LogP contribution in [0.4, 0.5) is 11.8 Å². The Kier molecular flexibility index (Phi) is 3.35. The zero-order valence-electron chi connectivity index (χ0n) is 11.2. The van der Waals surface area contributed by atoms with Gasteiger partial charge in [-0.2, -0.15) is 4.98 Å². The molecule has 1 aromatic rings. The lowest BCUT2D eigenvalue weighted by Gasteiger charge is -2.21. The fraction of sp³-hybridized carbons (Fsp3) is 0.714. The van der Waals surface area contributed by atoms with E-state index in [0.29, 0.717) is 5.92 Å². The van der Waals surface area contributed by atoms with Crippen LogP contribution in [0.5, 0.6) is 0 Å². The van der Waals surface area contributed by atoms with Crippen LogP contribution in [0.1, 0.15) is 50.1 Å². The van der Waals surface area contributed by atoms with Gasteiger partial charge in [0.1, 0.15) is 5.82 Å². The zero-order chi connectivity index (χ0) is 12.4.